The number of rotatable bonds is 3. The van der Waals surface area contributed by atoms with Gasteiger partial charge in [0.15, 0.2) is 0 Å². The summed E-state index contributed by atoms with van der Waals surface area (Å²) in [6.45, 7) is 0. The predicted molar refractivity (Wildman–Crippen MR) is 71.4 cm³/mol. The van der Waals surface area contributed by atoms with E-state index >= 15 is 0 Å². The Morgan fingerprint density at radius 2 is 1.59 bits per heavy atom. The number of benzene rings is 1. The third-order valence-electron chi connectivity index (χ3n) is 4.16. The fraction of sp³-hybridized carbons (Fsp3) is 0.600. The molecule has 0 aliphatic heterocycles. The molecule has 1 fully saturated rings. The summed E-state index contributed by atoms with van der Waals surface area (Å²) < 4.78 is 5.24. The van der Waals surface area contributed by atoms with Gasteiger partial charge in [-0.15, -0.1) is 0 Å². The zero-order valence-electron chi connectivity index (χ0n) is 11.2. The highest BCUT2D eigenvalue weighted by Gasteiger charge is 2.35. The summed E-state index contributed by atoms with van der Waals surface area (Å²) >= 11 is 0. The van der Waals surface area contributed by atoms with Gasteiger partial charge < -0.3 is 4.74 Å². The fourth-order valence-corrected chi connectivity index (χ4v) is 3.03. The molecule has 17 heavy (non-hydrogen) atoms. The van der Waals surface area contributed by atoms with Crippen LogP contribution in [-0.2, 0) is 5.54 Å². The quantitative estimate of drug-likeness (QED) is 0.793. The first-order valence-corrected chi connectivity index (χ1v) is 6.51. The Morgan fingerprint density at radius 3 is 2.06 bits per heavy atom. The molecule has 94 valence electrons. The van der Waals surface area contributed by atoms with Gasteiger partial charge in [-0.1, -0.05) is 31.4 Å². The topological polar surface area (TPSA) is 12.5 Å². The minimum Gasteiger partial charge on any atom is -0.497 e. The first kappa shape index (κ1) is 12.4. The molecule has 1 aliphatic rings. The molecule has 1 saturated carbocycles. The molecule has 0 heterocycles. The third kappa shape index (κ3) is 2.32. The van der Waals surface area contributed by atoms with Gasteiger partial charge in [-0.25, -0.2) is 0 Å². The largest absolute Gasteiger partial charge is 0.497 e. The van der Waals surface area contributed by atoms with Crippen LogP contribution < -0.4 is 4.74 Å². The van der Waals surface area contributed by atoms with Crippen molar-refractivity contribution < 1.29 is 4.74 Å². The minimum atomic E-state index is 0.241. The van der Waals surface area contributed by atoms with Gasteiger partial charge in [0.05, 0.1) is 7.11 Å². The van der Waals surface area contributed by atoms with Crippen molar-refractivity contribution in [3.63, 3.8) is 0 Å². The van der Waals surface area contributed by atoms with Crippen molar-refractivity contribution in [1.29, 1.82) is 0 Å². The molecule has 0 unspecified atom stereocenters. The predicted octanol–water partition coefficient (Wildman–Crippen LogP) is 3.42. The molecule has 1 aliphatic carbocycles. The zero-order valence-corrected chi connectivity index (χ0v) is 11.2. The number of hydrogen-bond acceptors (Lipinski definition) is 2. The van der Waals surface area contributed by atoms with Gasteiger partial charge in [0.2, 0.25) is 0 Å². The summed E-state index contributed by atoms with van der Waals surface area (Å²) in [7, 11) is 6.13. The summed E-state index contributed by atoms with van der Waals surface area (Å²) in [5.74, 6) is 0.943. The van der Waals surface area contributed by atoms with Crippen LogP contribution >= 0.6 is 0 Å². The first-order chi connectivity index (χ1) is 8.19. The Hall–Kier alpha value is -1.02. The maximum absolute atomic E-state index is 5.24. The van der Waals surface area contributed by atoms with Crippen molar-refractivity contribution in [3.05, 3.63) is 29.8 Å². The molecule has 0 atom stereocenters. The van der Waals surface area contributed by atoms with E-state index in [9.17, 15) is 0 Å². The van der Waals surface area contributed by atoms with Crippen molar-refractivity contribution in [1.82, 2.24) is 4.90 Å². The average molecular weight is 233 g/mol. The lowest BCUT2D eigenvalue weighted by Gasteiger charge is -2.43. The Kier molecular flexibility index (Phi) is 3.72. The van der Waals surface area contributed by atoms with E-state index in [1.54, 1.807) is 7.11 Å². The minimum absolute atomic E-state index is 0.241. The standard InChI is InChI=1S/C15H23NO/c1-16(2)15(11-5-4-6-12-15)13-7-9-14(17-3)10-8-13/h7-10H,4-6,11-12H2,1-3H3. The van der Waals surface area contributed by atoms with Crippen LogP contribution in [0, 0.1) is 0 Å². The Balaban J connectivity index is 2.31. The van der Waals surface area contributed by atoms with E-state index < -0.39 is 0 Å². The second-order valence-corrected chi connectivity index (χ2v) is 5.22. The van der Waals surface area contributed by atoms with E-state index in [1.165, 1.54) is 37.7 Å². The van der Waals surface area contributed by atoms with Crippen LogP contribution in [0.3, 0.4) is 0 Å². The fourth-order valence-electron chi connectivity index (χ4n) is 3.03. The van der Waals surface area contributed by atoms with Crippen LogP contribution in [0.2, 0.25) is 0 Å². The molecule has 2 rings (SSSR count). The Bertz CT molecular complexity index is 350. The van der Waals surface area contributed by atoms with E-state index in [0.29, 0.717) is 0 Å². The van der Waals surface area contributed by atoms with E-state index in [0.717, 1.165) is 5.75 Å². The van der Waals surface area contributed by atoms with Gasteiger partial charge in [-0.3, -0.25) is 4.90 Å². The number of hydrogen-bond donors (Lipinski definition) is 0. The maximum atomic E-state index is 5.24. The molecule has 0 amide bonds. The molecule has 0 aromatic heterocycles. The molecule has 2 heteroatoms. The third-order valence-corrected chi connectivity index (χ3v) is 4.16. The van der Waals surface area contributed by atoms with Gasteiger partial charge in [-0.05, 0) is 44.6 Å². The lowest BCUT2D eigenvalue weighted by atomic mass is 9.76. The molecule has 0 N–H and O–H groups in total. The van der Waals surface area contributed by atoms with Gasteiger partial charge >= 0.3 is 0 Å². The van der Waals surface area contributed by atoms with E-state index in [-0.39, 0.29) is 5.54 Å². The lowest BCUT2D eigenvalue weighted by molar-refractivity contribution is 0.0988. The molecule has 0 radical (unpaired) electrons. The molecule has 0 spiro atoms. The number of methoxy groups -OCH3 is 1. The summed E-state index contributed by atoms with van der Waals surface area (Å²) in [5.41, 5.74) is 1.67. The molecule has 1 aromatic rings. The lowest BCUT2D eigenvalue weighted by Crippen LogP contribution is -2.42. The number of ether oxygens (including phenoxy) is 1. The smallest absolute Gasteiger partial charge is 0.118 e. The molecule has 0 bridgehead atoms. The summed E-state index contributed by atoms with van der Waals surface area (Å²) in [5, 5.41) is 0. The number of nitrogens with zero attached hydrogens (tertiary/aromatic N) is 1. The Labute approximate surface area is 105 Å². The average Bonchev–Trinajstić information content (AvgIpc) is 2.39. The van der Waals surface area contributed by atoms with E-state index in [1.807, 2.05) is 0 Å². The SMILES string of the molecule is COc1ccc(C2(N(C)C)CCCCC2)cc1. The van der Waals surface area contributed by atoms with Gasteiger partial charge in [-0.2, -0.15) is 0 Å². The van der Waals surface area contributed by atoms with Crippen LogP contribution in [0.25, 0.3) is 0 Å². The van der Waals surface area contributed by atoms with E-state index in [2.05, 4.69) is 43.3 Å². The van der Waals surface area contributed by atoms with E-state index in [4.69, 9.17) is 4.74 Å². The van der Waals surface area contributed by atoms with Crippen LogP contribution in [0.15, 0.2) is 24.3 Å². The highest BCUT2D eigenvalue weighted by molar-refractivity contribution is 5.32. The van der Waals surface area contributed by atoms with Crippen LogP contribution in [0.4, 0.5) is 0 Å². The van der Waals surface area contributed by atoms with Crippen molar-refractivity contribution >= 4 is 0 Å². The molecule has 1 aromatic carbocycles. The summed E-state index contributed by atoms with van der Waals surface area (Å²) in [6.07, 6.45) is 6.60. The van der Waals surface area contributed by atoms with Gasteiger partial charge in [0.1, 0.15) is 5.75 Å². The van der Waals surface area contributed by atoms with Crippen molar-refractivity contribution in [2.75, 3.05) is 21.2 Å². The monoisotopic (exact) mass is 233 g/mol. The molecular formula is C15H23NO. The molecule has 0 saturated heterocycles. The van der Waals surface area contributed by atoms with Crippen LogP contribution in [0.5, 0.6) is 5.75 Å². The highest BCUT2D eigenvalue weighted by Crippen LogP contribution is 2.41. The molecular weight excluding hydrogens is 210 g/mol. The maximum Gasteiger partial charge on any atom is 0.118 e. The van der Waals surface area contributed by atoms with Crippen LogP contribution in [0.1, 0.15) is 37.7 Å². The van der Waals surface area contributed by atoms with Crippen molar-refractivity contribution in [2.45, 2.75) is 37.6 Å². The zero-order chi connectivity index (χ0) is 12.3. The van der Waals surface area contributed by atoms with Gasteiger partial charge in [0.25, 0.3) is 0 Å². The first-order valence-electron chi connectivity index (χ1n) is 6.51. The summed E-state index contributed by atoms with van der Waals surface area (Å²) in [6, 6.07) is 8.61. The second-order valence-electron chi connectivity index (χ2n) is 5.22. The summed E-state index contributed by atoms with van der Waals surface area (Å²) in [4.78, 5) is 2.40. The second kappa shape index (κ2) is 5.09. The van der Waals surface area contributed by atoms with Crippen LogP contribution in [-0.4, -0.2) is 26.1 Å². The van der Waals surface area contributed by atoms with Crippen molar-refractivity contribution in [2.24, 2.45) is 0 Å². The normalized spacial score (nSPS) is 19.3. The molecule has 2 nitrogen and oxygen atoms in total. The van der Waals surface area contributed by atoms with Crippen molar-refractivity contribution in [3.8, 4) is 5.75 Å². The highest BCUT2D eigenvalue weighted by atomic mass is 16.5. The van der Waals surface area contributed by atoms with Gasteiger partial charge in [0, 0.05) is 5.54 Å². The Morgan fingerprint density at radius 1 is 1.00 bits per heavy atom.